The number of hydrogen-bond acceptors (Lipinski definition) is 3. The van der Waals surface area contributed by atoms with Crippen molar-refractivity contribution in [1.82, 2.24) is 0 Å². The molecule has 0 unspecified atom stereocenters. The minimum Gasteiger partial charge on any atom is -0.383 e. The van der Waals surface area contributed by atoms with Gasteiger partial charge in [0.2, 0.25) is 0 Å². The summed E-state index contributed by atoms with van der Waals surface area (Å²) >= 11 is 2.03. The summed E-state index contributed by atoms with van der Waals surface area (Å²) in [4.78, 5) is 0. The molecule has 0 aliphatic carbocycles. The van der Waals surface area contributed by atoms with Gasteiger partial charge in [0.25, 0.3) is 0 Å². The molecule has 1 spiro atoms. The fourth-order valence-corrected chi connectivity index (χ4v) is 3.09. The number of rotatable bonds is 0. The Kier molecular flexibility index (Phi) is 3.36. The Bertz CT molecular complexity index is 426. The van der Waals surface area contributed by atoms with Crippen molar-refractivity contribution in [1.29, 1.82) is 0 Å². The molecule has 0 amide bonds. The van der Waals surface area contributed by atoms with Crippen LogP contribution in [0, 0.1) is 14.8 Å². The van der Waals surface area contributed by atoms with Crippen molar-refractivity contribution < 1.29 is 9.13 Å². The molecule has 5 heteroatoms. The van der Waals surface area contributed by atoms with Gasteiger partial charge in [0.05, 0.1) is 14.9 Å². The first-order valence-electron chi connectivity index (χ1n) is 6.23. The molecule has 98 valence electrons. The summed E-state index contributed by atoms with van der Waals surface area (Å²) in [5.74, 6) is -0.161. The van der Waals surface area contributed by atoms with Crippen LogP contribution in [-0.4, -0.2) is 26.3 Å². The molecule has 1 fully saturated rings. The summed E-state index contributed by atoms with van der Waals surface area (Å²) in [7, 11) is 0. The minimum atomic E-state index is -0.161. The van der Waals surface area contributed by atoms with Gasteiger partial charge in [-0.15, -0.1) is 0 Å². The average Bonchev–Trinajstić information content (AvgIpc) is 2.54. The zero-order chi connectivity index (χ0) is 12.6. The fraction of sp³-hybridized carbons (Fsp3) is 0.538. The molecule has 2 aliphatic heterocycles. The quantitative estimate of drug-likeness (QED) is 0.696. The van der Waals surface area contributed by atoms with Gasteiger partial charge in [-0.1, -0.05) is 0 Å². The van der Waals surface area contributed by atoms with Crippen molar-refractivity contribution in [2.24, 2.45) is 5.41 Å². The summed E-state index contributed by atoms with van der Waals surface area (Å²) in [6.45, 7) is 3.46. The van der Waals surface area contributed by atoms with E-state index in [2.05, 4.69) is 10.6 Å². The first kappa shape index (κ1) is 12.5. The predicted molar refractivity (Wildman–Crippen MR) is 78.6 cm³/mol. The molecule has 1 aromatic rings. The van der Waals surface area contributed by atoms with Crippen molar-refractivity contribution in [3.63, 3.8) is 0 Å². The van der Waals surface area contributed by atoms with Gasteiger partial charge in [-0.05, 0) is 41.5 Å². The van der Waals surface area contributed by atoms with Gasteiger partial charge in [-0.2, -0.15) is 0 Å². The highest BCUT2D eigenvalue weighted by atomic mass is 127. The van der Waals surface area contributed by atoms with Gasteiger partial charge in [-0.3, -0.25) is 0 Å². The molecule has 0 bridgehead atoms. The lowest BCUT2D eigenvalue weighted by Crippen LogP contribution is -2.40. The Hall–Kier alpha value is -0.560. The molecule has 0 saturated carbocycles. The van der Waals surface area contributed by atoms with Crippen LogP contribution in [0.25, 0.3) is 0 Å². The molecule has 0 aromatic heterocycles. The largest absolute Gasteiger partial charge is 0.383 e. The first-order chi connectivity index (χ1) is 8.69. The number of halogens is 2. The molecule has 3 nitrogen and oxygen atoms in total. The monoisotopic (exact) mass is 362 g/mol. The third-order valence-electron chi connectivity index (χ3n) is 3.92. The third kappa shape index (κ3) is 2.30. The summed E-state index contributed by atoms with van der Waals surface area (Å²) < 4.78 is 19.7. The van der Waals surface area contributed by atoms with Gasteiger partial charge in [0.15, 0.2) is 0 Å². The summed E-state index contributed by atoms with van der Waals surface area (Å²) in [6.07, 6.45) is 2.11. The van der Waals surface area contributed by atoms with E-state index in [4.69, 9.17) is 4.74 Å². The van der Waals surface area contributed by atoms with Crippen molar-refractivity contribution in [3.8, 4) is 0 Å². The number of benzene rings is 1. The number of hydrogen-bond donors (Lipinski definition) is 2. The molecular weight excluding hydrogens is 346 g/mol. The van der Waals surface area contributed by atoms with Gasteiger partial charge in [0, 0.05) is 37.8 Å². The Balaban J connectivity index is 1.85. The predicted octanol–water partition coefficient (Wildman–Crippen LogP) is 3.06. The molecule has 18 heavy (non-hydrogen) atoms. The number of anilines is 2. The molecule has 2 N–H and O–H groups in total. The topological polar surface area (TPSA) is 33.3 Å². The molecule has 2 heterocycles. The van der Waals surface area contributed by atoms with Crippen LogP contribution < -0.4 is 10.6 Å². The van der Waals surface area contributed by atoms with E-state index in [-0.39, 0.29) is 11.2 Å². The second-order valence-electron chi connectivity index (χ2n) is 5.13. The van der Waals surface area contributed by atoms with Crippen molar-refractivity contribution in [2.75, 3.05) is 36.9 Å². The number of fused-ring (bicyclic) bond motifs is 1. The highest BCUT2D eigenvalue weighted by Gasteiger charge is 2.34. The summed E-state index contributed by atoms with van der Waals surface area (Å²) in [5, 5.41) is 6.86. The lowest BCUT2D eigenvalue weighted by molar-refractivity contribution is 0.0276. The third-order valence-corrected chi connectivity index (χ3v) is 4.75. The Labute approximate surface area is 120 Å². The lowest BCUT2D eigenvalue weighted by atomic mass is 9.80. The molecule has 1 aromatic carbocycles. The van der Waals surface area contributed by atoms with Crippen molar-refractivity contribution in [2.45, 2.75) is 12.8 Å². The van der Waals surface area contributed by atoms with Crippen LogP contribution in [0.1, 0.15) is 12.8 Å². The van der Waals surface area contributed by atoms with Crippen LogP contribution in [0.4, 0.5) is 15.8 Å². The van der Waals surface area contributed by atoms with Crippen LogP contribution in [0.2, 0.25) is 0 Å². The Morgan fingerprint density at radius 2 is 1.72 bits per heavy atom. The van der Waals surface area contributed by atoms with E-state index in [0.29, 0.717) is 3.57 Å². The lowest BCUT2D eigenvalue weighted by Gasteiger charge is -2.36. The SMILES string of the molecule is Fc1cc2c(cc1I)NCC1(CCOCC1)CN2. The minimum absolute atomic E-state index is 0.161. The van der Waals surface area contributed by atoms with E-state index in [1.165, 1.54) is 0 Å². The molecule has 1 saturated heterocycles. The van der Waals surface area contributed by atoms with Crippen molar-refractivity contribution >= 4 is 34.0 Å². The van der Waals surface area contributed by atoms with Gasteiger partial charge >= 0.3 is 0 Å². The van der Waals surface area contributed by atoms with Crippen LogP contribution >= 0.6 is 22.6 Å². The summed E-state index contributed by atoms with van der Waals surface area (Å²) in [5.41, 5.74) is 2.11. The zero-order valence-corrected chi connectivity index (χ0v) is 12.2. The maximum absolute atomic E-state index is 13.6. The smallest absolute Gasteiger partial charge is 0.138 e. The van der Waals surface area contributed by atoms with E-state index in [9.17, 15) is 4.39 Å². The molecule has 3 rings (SSSR count). The maximum Gasteiger partial charge on any atom is 0.138 e. The van der Waals surface area contributed by atoms with E-state index >= 15 is 0 Å². The molecule has 0 radical (unpaired) electrons. The number of ether oxygens (including phenoxy) is 1. The van der Waals surface area contributed by atoms with Gasteiger partial charge < -0.3 is 15.4 Å². The van der Waals surface area contributed by atoms with Crippen molar-refractivity contribution in [3.05, 3.63) is 21.5 Å². The van der Waals surface area contributed by atoms with Crippen LogP contribution in [-0.2, 0) is 4.74 Å². The molecule has 0 atom stereocenters. The van der Waals surface area contributed by atoms with E-state index < -0.39 is 0 Å². The van der Waals surface area contributed by atoms with Gasteiger partial charge in [-0.25, -0.2) is 4.39 Å². The highest BCUT2D eigenvalue weighted by Crippen LogP contribution is 2.37. The average molecular weight is 362 g/mol. The Morgan fingerprint density at radius 1 is 1.11 bits per heavy atom. The maximum atomic E-state index is 13.6. The standard InChI is InChI=1S/C13H16FIN2O/c14-9-5-11-12(6-10(9)15)17-8-13(7-16-11)1-3-18-4-2-13/h5-6,16-17H,1-4,7-8H2. The highest BCUT2D eigenvalue weighted by molar-refractivity contribution is 14.1. The second-order valence-corrected chi connectivity index (χ2v) is 6.29. The van der Waals surface area contributed by atoms with Crippen LogP contribution in [0.3, 0.4) is 0 Å². The van der Waals surface area contributed by atoms with E-state index in [0.717, 1.165) is 50.5 Å². The molecular formula is C13H16FIN2O. The summed E-state index contributed by atoms with van der Waals surface area (Å²) in [6, 6.07) is 3.46. The first-order valence-corrected chi connectivity index (χ1v) is 7.31. The number of nitrogens with one attached hydrogen (secondary N) is 2. The van der Waals surface area contributed by atoms with E-state index in [1.807, 2.05) is 28.7 Å². The fourth-order valence-electron chi connectivity index (χ4n) is 2.63. The zero-order valence-electron chi connectivity index (χ0n) is 10.1. The Morgan fingerprint density at radius 3 is 2.39 bits per heavy atom. The van der Waals surface area contributed by atoms with Crippen LogP contribution in [0.15, 0.2) is 12.1 Å². The van der Waals surface area contributed by atoms with E-state index in [1.54, 1.807) is 6.07 Å². The molecule has 2 aliphatic rings. The van der Waals surface area contributed by atoms with Crippen LogP contribution in [0.5, 0.6) is 0 Å². The normalized spacial score (nSPS) is 21.7. The van der Waals surface area contributed by atoms with Gasteiger partial charge in [0.1, 0.15) is 5.82 Å². The second kappa shape index (κ2) is 4.85.